The molecule has 2 aromatic heterocycles. The second-order valence-corrected chi connectivity index (χ2v) is 5.58. The summed E-state index contributed by atoms with van der Waals surface area (Å²) in [5.41, 5.74) is 0.696. The Balaban J connectivity index is 1.73. The number of amides is 1. The molecule has 1 amide bonds. The number of fused-ring (bicyclic) bond motifs is 1. The van der Waals surface area contributed by atoms with Gasteiger partial charge in [0.05, 0.1) is 32.4 Å². The molecule has 8 heteroatoms. The zero-order valence-corrected chi connectivity index (χ0v) is 12.3. The third kappa shape index (κ3) is 2.77. The molecular weight excluding hydrogens is 294 g/mol. The molecule has 21 heavy (non-hydrogen) atoms. The molecule has 3 rings (SSSR count). The maximum Gasteiger partial charge on any atom is 0.331 e. The van der Waals surface area contributed by atoms with Crippen LogP contribution in [-0.2, 0) is 25.5 Å². The Kier molecular flexibility index (Phi) is 3.89. The number of carbonyl (C=O) groups excluding carboxylic acids is 2. The van der Waals surface area contributed by atoms with Crippen molar-refractivity contribution in [3.8, 4) is 0 Å². The van der Waals surface area contributed by atoms with Crippen LogP contribution in [0.1, 0.15) is 5.69 Å². The average Bonchev–Trinajstić information content (AvgIpc) is 3.07. The molecule has 1 aliphatic rings. The Hall–Kier alpha value is -1.93. The first kappa shape index (κ1) is 14.0. The number of carbonyl (C=O) groups is 2. The number of hydrogen-bond donors (Lipinski definition) is 0. The maximum absolute atomic E-state index is 12.4. The van der Waals surface area contributed by atoms with Gasteiger partial charge in [0.25, 0.3) is 0 Å². The number of aromatic nitrogens is 2. The molecule has 1 aliphatic heterocycles. The molecular formula is C13H15N3O4S. The van der Waals surface area contributed by atoms with E-state index in [2.05, 4.69) is 4.98 Å². The molecule has 0 N–H and O–H groups in total. The molecule has 0 radical (unpaired) electrons. The first-order valence-electron chi connectivity index (χ1n) is 6.55. The lowest BCUT2D eigenvalue weighted by atomic mass is 10.2. The van der Waals surface area contributed by atoms with Crippen LogP contribution in [0.2, 0.25) is 0 Å². The van der Waals surface area contributed by atoms with Crippen LogP contribution in [0.25, 0.3) is 4.96 Å². The number of ether oxygens (including phenoxy) is 2. The molecule has 1 saturated heterocycles. The largest absolute Gasteiger partial charge is 0.467 e. The van der Waals surface area contributed by atoms with E-state index in [1.807, 2.05) is 22.2 Å². The summed E-state index contributed by atoms with van der Waals surface area (Å²) in [6, 6.07) is -0.667. The zero-order valence-electron chi connectivity index (χ0n) is 11.5. The van der Waals surface area contributed by atoms with E-state index in [1.165, 1.54) is 23.3 Å². The van der Waals surface area contributed by atoms with E-state index in [4.69, 9.17) is 9.47 Å². The number of rotatable bonds is 3. The highest BCUT2D eigenvalue weighted by molar-refractivity contribution is 7.15. The minimum Gasteiger partial charge on any atom is -0.467 e. The highest BCUT2D eigenvalue weighted by atomic mass is 32.1. The molecule has 0 bridgehead atoms. The van der Waals surface area contributed by atoms with Crippen molar-refractivity contribution in [1.82, 2.24) is 14.3 Å². The molecule has 0 aromatic carbocycles. The fraction of sp³-hybridized carbons (Fsp3) is 0.462. The van der Waals surface area contributed by atoms with Gasteiger partial charge in [0.15, 0.2) is 11.0 Å². The van der Waals surface area contributed by atoms with Gasteiger partial charge in [0.2, 0.25) is 5.91 Å². The molecule has 2 aromatic rings. The van der Waals surface area contributed by atoms with Crippen LogP contribution < -0.4 is 0 Å². The monoisotopic (exact) mass is 309 g/mol. The lowest BCUT2D eigenvalue weighted by Crippen LogP contribution is -2.53. The molecule has 3 heterocycles. The lowest BCUT2D eigenvalue weighted by Gasteiger charge is -2.33. The fourth-order valence-electron chi connectivity index (χ4n) is 2.35. The van der Waals surface area contributed by atoms with Crippen LogP contribution in [0.5, 0.6) is 0 Å². The standard InChI is InChI=1S/C13H15N3O4S/c1-19-12(18)10-8-20-4-2-16(10)11(17)6-9-7-15-3-5-21-13(15)14-9/h3,5,7,10H,2,4,6,8H2,1H3. The van der Waals surface area contributed by atoms with Gasteiger partial charge in [-0.3, -0.25) is 9.20 Å². The summed E-state index contributed by atoms with van der Waals surface area (Å²) >= 11 is 1.51. The Morgan fingerprint density at radius 3 is 3.19 bits per heavy atom. The van der Waals surface area contributed by atoms with Crippen LogP contribution in [0.4, 0.5) is 0 Å². The summed E-state index contributed by atoms with van der Waals surface area (Å²) in [6.07, 6.45) is 3.90. The number of morpholine rings is 1. The fourth-order valence-corrected chi connectivity index (χ4v) is 3.07. The number of nitrogens with zero attached hydrogens (tertiary/aromatic N) is 3. The molecule has 0 aliphatic carbocycles. The molecule has 1 unspecified atom stereocenters. The van der Waals surface area contributed by atoms with E-state index in [0.717, 1.165) is 4.96 Å². The number of thiazole rings is 1. The van der Waals surface area contributed by atoms with Crippen molar-refractivity contribution in [3.05, 3.63) is 23.5 Å². The van der Waals surface area contributed by atoms with Crippen molar-refractivity contribution in [2.45, 2.75) is 12.5 Å². The van der Waals surface area contributed by atoms with Crippen molar-refractivity contribution < 1.29 is 19.1 Å². The molecule has 7 nitrogen and oxygen atoms in total. The summed E-state index contributed by atoms with van der Waals surface area (Å²) in [7, 11) is 1.31. The van der Waals surface area contributed by atoms with Gasteiger partial charge < -0.3 is 14.4 Å². The van der Waals surface area contributed by atoms with Crippen LogP contribution in [-0.4, -0.2) is 59.1 Å². The average molecular weight is 309 g/mol. The van der Waals surface area contributed by atoms with E-state index in [1.54, 1.807) is 0 Å². The predicted octanol–water partition coefficient (Wildman–Crippen LogP) is 0.339. The first-order chi connectivity index (χ1) is 10.2. The Morgan fingerprint density at radius 1 is 1.57 bits per heavy atom. The minimum absolute atomic E-state index is 0.139. The highest BCUT2D eigenvalue weighted by Crippen LogP contribution is 2.14. The van der Waals surface area contributed by atoms with Crippen LogP contribution in [0, 0.1) is 0 Å². The van der Waals surface area contributed by atoms with Crippen molar-refractivity contribution in [1.29, 1.82) is 0 Å². The van der Waals surface area contributed by atoms with E-state index in [-0.39, 0.29) is 18.9 Å². The van der Waals surface area contributed by atoms with Gasteiger partial charge in [-0.15, -0.1) is 11.3 Å². The van der Waals surface area contributed by atoms with Crippen molar-refractivity contribution in [3.63, 3.8) is 0 Å². The third-order valence-electron chi connectivity index (χ3n) is 3.40. The van der Waals surface area contributed by atoms with Gasteiger partial charge in [0.1, 0.15) is 0 Å². The van der Waals surface area contributed by atoms with Crippen LogP contribution >= 0.6 is 11.3 Å². The second-order valence-electron chi connectivity index (χ2n) is 4.70. The summed E-state index contributed by atoms with van der Waals surface area (Å²) in [5, 5.41) is 1.93. The minimum atomic E-state index is -0.667. The third-order valence-corrected chi connectivity index (χ3v) is 4.17. The van der Waals surface area contributed by atoms with E-state index in [0.29, 0.717) is 18.8 Å². The van der Waals surface area contributed by atoms with E-state index >= 15 is 0 Å². The van der Waals surface area contributed by atoms with Gasteiger partial charge in [-0.2, -0.15) is 0 Å². The smallest absolute Gasteiger partial charge is 0.331 e. The van der Waals surface area contributed by atoms with Crippen molar-refractivity contribution >= 4 is 28.2 Å². The maximum atomic E-state index is 12.4. The van der Waals surface area contributed by atoms with Crippen molar-refractivity contribution in [2.75, 3.05) is 26.9 Å². The number of imidazole rings is 1. The first-order valence-corrected chi connectivity index (χ1v) is 7.43. The van der Waals surface area contributed by atoms with Gasteiger partial charge in [-0.05, 0) is 0 Å². The lowest BCUT2D eigenvalue weighted by molar-refractivity contribution is -0.160. The number of esters is 1. The SMILES string of the molecule is COC(=O)C1COCCN1C(=O)Cc1cn2ccsc2n1. The Bertz CT molecular complexity index is 637. The molecule has 112 valence electrons. The summed E-state index contributed by atoms with van der Waals surface area (Å²) in [6.45, 7) is 0.995. The quantitative estimate of drug-likeness (QED) is 0.764. The molecule has 1 atom stereocenters. The predicted molar refractivity (Wildman–Crippen MR) is 75.1 cm³/mol. The molecule has 0 spiro atoms. The topological polar surface area (TPSA) is 73.1 Å². The van der Waals surface area contributed by atoms with Crippen molar-refractivity contribution in [2.24, 2.45) is 0 Å². The highest BCUT2D eigenvalue weighted by Gasteiger charge is 2.33. The summed E-state index contributed by atoms with van der Waals surface area (Å²) in [4.78, 5) is 30.9. The van der Waals surface area contributed by atoms with Gasteiger partial charge in [0, 0.05) is 24.3 Å². The number of hydrogen-bond acceptors (Lipinski definition) is 6. The number of methoxy groups -OCH3 is 1. The zero-order chi connectivity index (χ0) is 14.8. The Labute approximate surface area is 125 Å². The summed E-state index contributed by atoms with van der Waals surface area (Å²) < 4.78 is 11.9. The summed E-state index contributed by atoms with van der Waals surface area (Å²) in [5.74, 6) is -0.590. The molecule has 1 fully saturated rings. The van der Waals surface area contributed by atoms with Gasteiger partial charge in [-0.1, -0.05) is 0 Å². The van der Waals surface area contributed by atoms with Gasteiger partial charge in [-0.25, -0.2) is 9.78 Å². The van der Waals surface area contributed by atoms with Crippen LogP contribution in [0.15, 0.2) is 17.8 Å². The normalized spacial score (nSPS) is 18.9. The Morgan fingerprint density at radius 2 is 2.43 bits per heavy atom. The van der Waals surface area contributed by atoms with Crippen LogP contribution in [0.3, 0.4) is 0 Å². The van der Waals surface area contributed by atoms with E-state index < -0.39 is 12.0 Å². The molecule has 0 saturated carbocycles. The van der Waals surface area contributed by atoms with E-state index in [9.17, 15) is 9.59 Å². The van der Waals surface area contributed by atoms with Gasteiger partial charge >= 0.3 is 5.97 Å². The second kappa shape index (κ2) is 5.82.